The summed E-state index contributed by atoms with van der Waals surface area (Å²) in [5, 5.41) is 0.335. The molecule has 0 aliphatic carbocycles. The van der Waals surface area contributed by atoms with E-state index < -0.39 is 0 Å². The molecule has 82 valence electrons. The summed E-state index contributed by atoms with van der Waals surface area (Å²) in [4.78, 5) is 10.4. The van der Waals surface area contributed by atoms with Crippen LogP contribution in [-0.4, -0.2) is 39.5 Å². The van der Waals surface area contributed by atoms with E-state index in [0.29, 0.717) is 11.3 Å². The molecule has 0 spiro atoms. The number of hydrogen-bond donors (Lipinski definition) is 0. The number of hydrogen-bond acceptors (Lipinski definition) is 4. The van der Waals surface area contributed by atoms with Crippen molar-refractivity contribution in [1.29, 1.82) is 0 Å². The van der Waals surface area contributed by atoms with Gasteiger partial charge in [-0.15, -0.1) is 0 Å². The standard InChI is InChI=1S/C10H14ClN3S/c1-14(9-3-5-15-7-9)6-8-2-4-12-10(11)13-8/h2,4,9H,3,5-7H2,1H3. The van der Waals surface area contributed by atoms with E-state index in [1.165, 1.54) is 17.9 Å². The Morgan fingerprint density at radius 1 is 1.67 bits per heavy atom. The summed E-state index contributed by atoms with van der Waals surface area (Å²) in [5.74, 6) is 2.51. The van der Waals surface area contributed by atoms with Crippen LogP contribution in [0.5, 0.6) is 0 Å². The summed E-state index contributed by atoms with van der Waals surface area (Å²) < 4.78 is 0. The number of aromatic nitrogens is 2. The molecule has 1 aliphatic rings. The fourth-order valence-electron chi connectivity index (χ4n) is 1.71. The van der Waals surface area contributed by atoms with Crippen LogP contribution in [0.4, 0.5) is 0 Å². The molecule has 2 heterocycles. The van der Waals surface area contributed by atoms with Crippen molar-refractivity contribution in [2.45, 2.75) is 19.0 Å². The molecular formula is C10H14ClN3S. The molecule has 1 unspecified atom stereocenters. The lowest BCUT2D eigenvalue weighted by molar-refractivity contribution is 0.251. The number of rotatable bonds is 3. The predicted octanol–water partition coefficient (Wildman–Crippen LogP) is 2.07. The average molecular weight is 244 g/mol. The monoisotopic (exact) mass is 243 g/mol. The van der Waals surface area contributed by atoms with Crippen molar-refractivity contribution < 1.29 is 0 Å². The van der Waals surface area contributed by atoms with Gasteiger partial charge in [-0.2, -0.15) is 11.8 Å². The van der Waals surface area contributed by atoms with E-state index in [1.54, 1.807) is 6.20 Å². The molecule has 0 amide bonds. The fourth-order valence-corrected chi connectivity index (χ4v) is 3.18. The molecule has 1 saturated heterocycles. The van der Waals surface area contributed by atoms with Gasteiger partial charge >= 0.3 is 0 Å². The van der Waals surface area contributed by atoms with Gasteiger partial charge in [0.05, 0.1) is 5.69 Å². The van der Waals surface area contributed by atoms with E-state index in [1.807, 2.05) is 17.8 Å². The Balaban J connectivity index is 1.95. The maximum Gasteiger partial charge on any atom is 0.222 e. The Morgan fingerprint density at radius 3 is 3.20 bits per heavy atom. The third-order valence-corrected chi connectivity index (χ3v) is 3.95. The zero-order valence-electron chi connectivity index (χ0n) is 8.69. The molecule has 0 bridgehead atoms. The van der Waals surface area contributed by atoms with Crippen LogP contribution < -0.4 is 0 Å². The van der Waals surface area contributed by atoms with E-state index in [4.69, 9.17) is 11.6 Å². The Bertz CT molecular complexity index is 328. The minimum absolute atomic E-state index is 0.335. The summed E-state index contributed by atoms with van der Waals surface area (Å²) in [6, 6.07) is 2.61. The highest BCUT2D eigenvalue weighted by molar-refractivity contribution is 7.99. The van der Waals surface area contributed by atoms with Crippen LogP contribution in [0.25, 0.3) is 0 Å². The van der Waals surface area contributed by atoms with Crippen molar-refractivity contribution in [2.24, 2.45) is 0 Å². The van der Waals surface area contributed by atoms with Crippen molar-refractivity contribution in [1.82, 2.24) is 14.9 Å². The minimum atomic E-state index is 0.335. The molecular weight excluding hydrogens is 230 g/mol. The van der Waals surface area contributed by atoms with Gasteiger partial charge in [0.15, 0.2) is 0 Å². The number of halogens is 1. The highest BCUT2D eigenvalue weighted by Crippen LogP contribution is 2.22. The Morgan fingerprint density at radius 2 is 2.53 bits per heavy atom. The van der Waals surface area contributed by atoms with E-state index >= 15 is 0 Å². The Labute approximate surface area is 99.2 Å². The summed E-state index contributed by atoms with van der Waals surface area (Å²) in [5.41, 5.74) is 0.995. The summed E-state index contributed by atoms with van der Waals surface area (Å²) in [6.45, 7) is 0.855. The molecule has 15 heavy (non-hydrogen) atoms. The quantitative estimate of drug-likeness (QED) is 0.760. The summed E-state index contributed by atoms with van der Waals surface area (Å²) >= 11 is 7.77. The first-order chi connectivity index (χ1) is 7.25. The molecule has 5 heteroatoms. The van der Waals surface area contributed by atoms with Crippen LogP contribution in [-0.2, 0) is 6.54 Å². The van der Waals surface area contributed by atoms with Crippen molar-refractivity contribution in [3.63, 3.8) is 0 Å². The van der Waals surface area contributed by atoms with Crippen LogP contribution in [0.1, 0.15) is 12.1 Å². The third-order valence-electron chi connectivity index (χ3n) is 2.62. The molecule has 1 aromatic rings. The van der Waals surface area contributed by atoms with E-state index in [-0.39, 0.29) is 0 Å². The average Bonchev–Trinajstić information content (AvgIpc) is 2.70. The van der Waals surface area contributed by atoms with Gasteiger partial charge in [-0.05, 0) is 36.9 Å². The molecule has 1 aromatic heterocycles. The molecule has 3 nitrogen and oxygen atoms in total. The molecule has 1 atom stereocenters. The molecule has 0 N–H and O–H groups in total. The maximum absolute atomic E-state index is 5.74. The largest absolute Gasteiger partial charge is 0.297 e. The SMILES string of the molecule is CN(Cc1ccnc(Cl)n1)C1CCSC1. The second-order valence-corrected chi connectivity index (χ2v) is 5.24. The van der Waals surface area contributed by atoms with Gasteiger partial charge < -0.3 is 0 Å². The Kier molecular flexibility index (Phi) is 3.83. The number of nitrogens with zero attached hydrogens (tertiary/aromatic N) is 3. The molecule has 0 radical (unpaired) electrons. The van der Waals surface area contributed by atoms with Crippen molar-refractivity contribution in [2.75, 3.05) is 18.6 Å². The van der Waals surface area contributed by atoms with Crippen molar-refractivity contribution in [3.8, 4) is 0 Å². The van der Waals surface area contributed by atoms with E-state index in [0.717, 1.165) is 12.2 Å². The van der Waals surface area contributed by atoms with Crippen LogP contribution in [0, 0.1) is 0 Å². The van der Waals surface area contributed by atoms with Crippen LogP contribution >= 0.6 is 23.4 Å². The van der Waals surface area contributed by atoms with Crippen LogP contribution in [0.2, 0.25) is 5.28 Å². The van der Waals surface area contributed by atoms with E-state index in [2.05, 4.69) is 21.9 Å². The van der Waals surface area contributed by atoms with Gasteiger partial charge in [0.2, 0.25) is 5.28 Å². The molecule has 0 saturated carbocycles. The fraction of sp³-hybridized carbons (Fsp3) is 0.600. The number of thioether (sulfide) groups is 1. The predicted molar refractivity (Wildman–Crippen MR) is 64.2 cm³/mol. The first kappa shape index (κ1) is 11.2. The molecule has 0 aromatic carbocycles. The molecule has 1 aliphatic heterocycles. The van der Waals surface area contributed by atoms with Gasteiger partial charge in [-0.1, -0.05) is 0 Å². The normalized spacial score (nSPS) is 21.1. The molecule has 2 rings (SSSR count). The van der Waals surface area contributed by atoms with Gasteiger partial charge in [-0.25, -0.2) is 9.97 Å². The smallest absolute Gasteiger partial charge is 0.222 e. The van der Waals surface area contributed by atoms with Gasteiger partial charge in [0.25, 0.3) is 0 Å². The Hall–Kier alpha value is -0.320. The molecule has 1 fully saturated rings. The van der Waals surface area contributed by atoms with Gasteiger partial charge in [-0.3, -0.25) is 4.90 Å². The van der Waals surface area contributed by atoms with Crippen LogP contribution in [0.15, 0.2) is 12.3 Å². The van der Waals surface area contributed by atoms with Gasteiger partial charge in [0, 0.05) is 24.5 Å². The summed E-state index contributed by atoms with van der Waals surface area (Å²) in [7, 11) is 2.15. The highest BCUT2D eigenvalue weighted by atomic mass is 35.5. The lowest BCUT2D eigenvalue weighted by atomic mass is 10.2. The first-order valence-electron chi connectivity index (χ1n) is 5.01. The summed E-state index contributed by atoms with van der Waals surface area (Å²) in [6.07, 6.45) is 2.99. The highest BCUT2D eigenvalue weighted by Gasteiger charge is 2.20. The second kappa shape index (κ2) is 5.14. The van der Waals surface area contributed by atoms with Crippen molar-refractivity contribution in [3.05, 3.63) is 23.2 Å². The topological polar surface area (TPSA) is 29.0 Å². The second-order valence-electron chi connectivity index (χ2n) is 3.75. The zero-order valence-corrected chi connectivity index (χ0v) is 10.3. The lowest BCUT2D eigenvalue weighted by Crippen LogP contribution is -2.31. The maximum atomic E-state index is 5.74. The van der Waals surface area contributed by atoms with Crippen LogP contribution in [0.3, 0.4) is 0 Å². The zero-order chi connectivity index (χ0) is 10.7. The van der Waals surface area contributed by atoms with E-state index in [9.17, 15) is 0 Å². The minimum Gasteiger partial charge on any atom is -0.297 e. The third kappa shape index (κ3) is 3.06. The lowest BCUT2D eigenvalue weighted by Gasteiger charge is -2.22. The van der Waals surface area contributed by atoms with Gasteiger partial charge in [0.1, 0.15) is 0 Å². The first-order valence-corrected chi connectivity index (χ1v) is 6.54. The van der Waals surface area contributed by atoms with Crippen molar-refractivity contribution >= 4 is 23.4 Å².